The molecule has 1 radical (unpaired) electrons. The summed E-state index contributed by atoms with van der Waals surface area (Å²) in [7, 11) is 4.02. The van der Waals surface area contributed by atoms with Crippen LogP contribution in [0.2, 0.25) is 0 Å². The third-order valence-corrected chi connectivity index (χ3v) is 0.759. The van der Waals surface area contributed by atoms with Gasteiger partial charge in [-0.05, 0) is 14.1 Å². The van der Waals surface area contributed by atoms with Crippen LogP contribution in [0.1, 0.15) is 0 Å². The first kappa shape index (κ1) is 11.8. The van der Waals surface area contributed by atoms with E-state index in [1.165, 1.54) is 0 Å². The van der Waals surface area contributed by atoms with Crippen LogP contribution < -0.4 is 0 Å². The second kappa shape index (κ2) is 8.02. The Morgan fingerprint density at radius 1 is 1.50 bits per heavy atom. The quantitative estimate of drug-likeness (QED) is 0.607. The van der Waals surface area contributed by atoms with E-state index in [2.05, 4.69) is 17.5 Å². The van der Waals surface area contributed by atoms with E-state index in [1.54, 1.807) is 5.41 Å². The minimum absolute atomic E-state index is 0. The van der Waals surface area contributed by atoms with Crippen molar-refractivity contribution in [1.29, 1.82) is 0 Å². The molecule has 3 heteroatoms. The molecule has 0 N–H and O–H groups in total. The number of nitrogens with zero attached hydrogens (tertiary/aromatic N) is 1. The van der Waals surface area contributed by atoms with E-state index in [0.717, 1.165) is 6.54 Å². The van der Waals surface area contributed by atoms with Crippen molar-refractivity contribution >= 4 is 12.6 Å². The molecule has 0 spiro atoms. The normalized spacial score (nSPS) is 9.88. The van der Waals surface area contributed by atoms with Gasteiger partial charge in [0.1, 0.15) is 0 Å². The molecular weight excluding hydrogens is 195 g/mol. The van der Waals surface area contributed by atoms with Gasteiger partial charge in [0.2, 0.25) is 0 Å². The van der Waals surface area contributed by atoms with Crippen molar-refractivity contribution in [1.82, 2.24) is 4.90 Å². The summed E-state index contributed by atoms with van der Waals surface area (Å²) in [5.74, 6) is 0. The summed E-state index contributed by atoms with van der Waals surface area (Å²) in [6.45, 7) is 0.948. The van der Waals surface area contributed by atoms with Gasteiger partial charge in [0.15, 0.2) is 0 Å². The molecule has 0 unspecified atom stereocenters. The minimum atomic E-state index is 0. The van der Waals surface area contributed by atoms with E-state index in [-0.39, 0.29) is 32.7 Å². The standard InChI is InChI=1S/C5H11NS.Y/c1-6(2)4-3-5-7;/h3,5,7H,4H2,1-2H3;/p-1/b5-3+;. The molecule has 8 heavy (non-hydrogen) atoms. The summed E-state index contributed by atoms with van der Waals surface area (Å²) in [6, 6.07) is 0. The summed E-state index contributed by atoms with van der Waals surface area (Å²) in [4.78, 5) is 2.06. The van der Waals surface area contributed by atoms with Gasteiger partial charge < -0.3 is 17.5 Å². The fourth-order valence-corrected chi connectivity index (χ4v) is 0.340. The first-order valence-electron chi connectivity index (χ1n) is 2.19. The molecule has 0 rings (SSSR count). The predicted octanol–water partition coefficient (Wildman–Crippen LogP) is 0.606. The molecule has 0 amide bonds. The Morgan fingerprint density at radius 2 is 2.00 bits per heavy atom. The molecule has 0 heterocycles. The predicted molar refractivity (Wildman–Crippen MR) is 35.1 cm³/mol. The van der Waals surface area contributed by atoms with Crippen molar-refractivity contribution in [2.75, 3.05) is 20.6 Å². The topological polar surface area (TPSA) is 3.24 Å². The van der Waals surface area contributed by atoms with Gasteiger partial charge in [-0.2, -0.15) is 0 Å². The van der Waals surface area contributed by atoms with Crippen LogP contribution in [0.5, 0.6) is 0 Å². The SMILES string of the molecule is CN(C)C/C=C/[S-].[Y]. The molecule has 0 aliphatic rings. The average molecular weight is 205 g/mol. The van der Waals surface area contributed by atoms with Gasteiger partial charge in [-0.15, -0.1) is 0 Å². The first-order chi connectivity index (χ1) is 3.27. The molecule has 1 nitrogen and oxygen atoms in total. The van der Waals surface area contributed by atoms with Crippen molar-refractivity contribution < 1.29 is 32.7 Å². The average Bonchev–Trinajstić information content (AvgIpc) is 1.61. The second-order valence-electron chi connectivity index (χ2n) is 1.63. The molecule has 0 aliphatic carbocycles. The van der Waals surface area contributed by atoms with E-state index in [9.17, 15) is 0 Å². The van der Waals surface area contributed by atoms with Crippen molar-refractivity contribution in [2.24, 2.45) is 0 Å². The molecule has 0 aliphatic heterocycles. The van der Waals surface area contributed by atoms with Gasteiger partial charge in [0.25, 0.3) is 0 Å². The van der Waals surface area contributed by atoms with Crippen molar-refractivity contribution in [3.63, 3.8) is 0 Å². The van der Waals surface area contributed by atoms with Gasteiger partial charge in [0.05, 0.1) is 0 Å². The minimum Gasteiger partial charge on any atom is -0.788 e. The van der Waals surface area contributed by atoms with Gasteiger partial charge >= 0.3 is 0 Å². The van der Waals surface area contributed by atoms with E-state index >= 15 is 0 Å². The van der Waals surface area contributed by atoms with E-state index in [4.69, 9.17) is 0 Å². The smallest absolute Gasteiger partial charge is 0.0140 e. The molecule has 0 aromatic carbocycles. The largest absolute Gasteiger partial charge is 0.788 e. The number of likely N-dealkylation sites (N-methyl/N-ethyl adjacent to an activating group) is 1. The number of hydrogen-bond donors (Lipinski definition) is 0. The van der Waals surface area contributed by atoms with Crippen LogP contribution >= 0.6 is 0 Å². The molecular formula is C5H10NSY-. The molecule has 0 fully saturated rings. The third-order valence-electron chi connectivity index (χ3n) is 0.567. The number of rotatable bonds is 2. The van der Waals surface area contributed by atoms with E-state index < -0.39 is 0 Å². The van der Waals surface area contributed by atoms with E-state index in [1.807, 2.05) is 20.2 Å². The summed E-state index contributed by atoms with van der Waals surface area (Å²) in [5.41, 5.74) is 0. The Bertz CT molecular complexity index is 63.4. The van der Waals surface area contributed by atoms with Gasteiger partial charge in [-0.1, -0.05) is 6.08 Å². The molecule has 0 atom stereocenters. The van der Waals surface area contributed by atoms with Crippen LogP contribution in [-0.2, 0) is 45.3 Å². The Balaban J connectivity index is 0. The maximum Gasteiger partial charge on any atom is 0.0140 e. The molecule has 0 aromatic rings. The Hall–Kier alpha value is 1.02. The molecule has 0 bridgehead atoms. The zero-order valence-electron chi connectivity index (χ0n) is 5.29. The van der Waals surface area contributed by atoms with Gasteiger partial charge in [0, 0.05) is 39.3 Å². The maximum absolute atomic E-state index is 4.56. The molecule has 0 aromatic heterocycles. The van der Waals surface area contributed by atoms with Crippen molar-refractivity contribution in [3.8, 4) is 0 Å². The summed E-state index contributed by atoms with van der Waals surface area (Å²) >= 11 is 4.56. The van der Waals surface area contributed by atoms with Crippen molar-refractivity contribution in [3.05, 3.63) is 11.5 Å². The summed E-state index contributed by atoms with van der Waals surface area (Å²) in [5, 5.41) is 1.64. The van der Waals surface area contributed by atoms with Crippen LogP contribution in [0.15, 0.2) is 11.5 Å². The first-order valence-corrected chi connectivity index (χ1v) is 2.66. The third kappa shape index (κ3) is 10.1. The monoisotopic (exact) mass is 205 g/mol. The molecule has 0 saturated carbocycles. The summed E-state index contributed by atoms with van der Waals surface area (Å²) < 4.78 is 0. The van der Waals surface area contributed by atoms with Gasteiger partial charge in [-0.3, -0.25) is 0 Å². The molecule has 45 valence electrons. The summed E-state index contributed by atoms with van der Waals surface area (Å²) in [6.07, 6.45) is 1.94. The Kier molecular flexibility index (Phi) is 11.8. The molecule has 0 saturated heterocycles. The number of hydrogen-bond acceptors (Lipinski definition) is 2. The maximum atomic E-state index is 4.56. The van der Waals surface area contributed by atoms with Crippen LogP contribution in [-0.4, -0.2) is 25.5 Å². The fraction of sp³-hybridized carbons (Fsp3) is 0.600. The van der Waals surface area contributed by atoms with Crippen LogP contribution in [0, 0.1) is 0 Å². The van der Waals surface area contributed by atoms with Crippen LogP contribution in [0.25, 0.3) is 0 Å². The van der Waals surface area contributed by atoms with Crippen LogP contribution in [0.3, 0.4) is 0 Å². The Morgan fingerprint density at radius 3 is 2.12 bits per heavy atom. The van der Waals surface area contributed by atoms with Crippen LogP contribution in [0.4, 0.5) is 0 Å². The zero-order valence-corrected chi connectivity index (χ0v) is 8.95. The van der Waals surface area contributed by atoms with Crippen molar-refractivity contribution in [2.45, 2.75) is 0 Å². The van der Waals surface area contributed by atoms with E-state index in [0.29, 0.717) is 0 Å². The fourth-order valence-electron chi connectivity index (χ4n) is 0.254. The second-order valence-corrected chi connectivity index (χ2v) is 1.91. The Labute approximate surface area is 81.8 Å². The zero-order chi connectivity index (χ0) is 5.70. The van der Waals surface area contributed by atoms with Gasteiger partial charge in [-0.25, -0.2) is 5.41 Å².